The van der Waals surface area contributed by atoms with Crippen molar-refractivity contribution < 1.29 is 4.79 Å². The minimum Gasteiger partial charge on any atom is -0.360 e. The first-order valence-corrected chi connectivity index (χ1v) is 7.08. The Morgan fingerprint density at radius 1 is 1.53 bits per heavy atom. The number of nitrogens with zero attached hydrogens (tertiary/aromatic N) is 3. The van der Waals surface area contributed by atoms with Gasteiger partial charge in [-0.15, -0.1) is 0 Å². The van der Waals surface area contributed by atoms with E-state index in [1.54, 1.807) is 6.92 Å². The summed E-state index contributed by atoms with van der Waals surface area (Å²) in [6, 6.07) is 4.26. The Morgan fingerprint density at radius 3 is 3.00 bits per heavy atom. The first kappa shape index (κ1) is 13.8. The molecule has 1 aromatic heterocycles. The predicted octanol–water partition coefficient (Wildman–Crippen LogP) is 2.61. The third-order valence-corrected chi connectivity index (χ3v) is 3.92. The Morgan fingerprint density at radius 2 is 2.32 bits per heavy atom. The Hall–Kier alpha value is -1.58. The number of pyridine rings is 1. The predicted molar refractivity (Wildman–Crippen MR) is 77.2 cm³/mol. The maximum atomic E-state index is 11.8. The zero-order valence-electron chi connectivity index (χ0n) is 12.1. The number of amides is 1. The number of carbonyl (C=O) groups excluding carboxylic acids is 1. The van der Waals surface area contributed by atoms with Crippen LogP contribution in [0.5, 0.6) is 0 Å². The van der Waals surface area contributed by atoms with E-state index in [0.29, 0.717) is 0 Å². The van der Waals surface area contributed by atoms with Crippen LogP contribution >= 0.6 is 0 Å². The van der Waals surface area contributed by atoms with E-state index in [9.17, 15) is 4.79 Å². The van der Waals surface area contributed by atoms with E-state index >= 15 is 0 Å². The zero-order chi connectivity index (χ0) is 13.8. The summed E-state index contributed by atoms with van der Waals surface area (Å²) in [6.07, 6.45) is 5.15. The lowest BCUT2D eigenvalue weighted by atomic mass is 9.95. The van der Waals surface area contributed by atoms with Crippen molar-refractivity contribution in [1.82, 2.24) is 9.88 Å². The highest BCUT2D eigenvalue weighted by molar-refractivity contribution is 5.74. The molecule has 0 bridgehead atoms. The third-order valence-electron chi connectivity index (χ3n) is 3.92. The minimum absolute atomic E-state index is 0.165. The number of aromatic nitrogens is 1. The molecule has 1 aliphatic heterocycles. The van der Waals surface area contributed by atoms with Gasteiger partial charge in [-0.3, -0.25) is 4.79 Å². The van der Waals surface area contributed by atoms with Crippen LogP contribution in [-0.4, -0.2) is 35.9 Å². The maximum absolute atomic E-state index is 11.8. The number of hydrogen-bond donors (Lipinski definition) is 0. The average molecular weight is 261 g/mol. The normalized spacial score (nSPS) is 19.3. The van der Waals surface area contributed by atoms with Crippen LogP contribution in [0.25, 0.3) is 0 Å². The molecule has 1 atom stereocenters. The summed E-state index contributed by atoms with van der Waals surface area (Å²) in [7, 11) is 2.05. The van der Waals surface area contributed by atoms with Crippen molar-refractivity contribution >= 4 is 11.7 Å². The van der Waals surface area contributed by atoms with Crippen molar-refractivity contribution in [2.24, 2.45) is 0 Å². The maximum Gasteiger partial charge on any atom is 0.219 e. The first-order chi connectivity index (χ1) is 9.15. The second kappa shape index (κ2) is 6.04. The fraction of sp³-hybridized carbons (Fsp3) is 0.600. The fourth-order valence-corrected chi connectivity index (χ4v) is 2.77. The largest absolute Gasteiger partial charge is 0.360 e. The van der Waals surface area contributed by atoms with E-state index in [1.807, 2.05) is 24.2 Å². The zero-order valence-corrected chi connectivity index (χ0v) is 12.1. The second-order valence-corrected chi connectivity index (χ2v) is 5.15. The molecule has 0 spiro atoms. The smallest absolute Gasteiger partial charge is 0.219 e. The summed E-state index contributed by atoms with van der Waals surface area (Å²) in [5.41, 5.74) is 1.18. The summed E-state index contributed by atoms with van der Waals surface area (Å²) >= 11 is 0. The van der Waals surface area contributed by atoms with Gasteiger partial charge in [-0.2, -0.15) is 0 Å². The molecule has 1 saturated heterocycles. The lowest BCUT2D eigenvalue weighted by Crippen LogP contribution is -2.37. The molecule has 0 N–H and O–H groups in total. The number of rotatable bonds is 3. The molecule has 0 saturated carbocycles. The van der Waals surface area contributed by atoms with Gasteiger partial charge in [0.2, 0.25) is 5.91 Å². The molecule has 104 valence electrons. The van der Waals surface area contributed by atoms with Gasteiger partial charge >= 0.3 is 0 Å². The molecule has 0 aliphatic carbocycles. The topological polar surface area (TPSA) is 36.4 Å². The summed E-state index contributed by atoms with van der Waals surface area (Å²) in [6.45, 7) is 5.56. The van der Waals surface area contributed by atoms with Gasteiger partial charge in [-0.25, -0.2) is 4.98 Å². The molecule has 0 radical (unpaired) electrons. The van der Waals surface area contributed by atoms with E-state index in [-0.39, 0.29) is 11.9 Å². The second-order valence-electron chi connectivity index (χ2n) is 5.15. The highest BCUT2D eigenvalue weighted by Gasteiger charge is 2.28. The van der Waals surface area contributed by atoms with E-state index in [0.717, 1.165) is 31.7 Å². The van der Waals surface area contributed by atoms with Crippen molar-refractivity contribution in [2.45, 2.75) is 39.2 Å². The van der Waals surface area contributed by atoms with Crippen LogP contribution in [0.2, 0.25) is 0 Å². The van der Waals surface area contributed by atoms with E-state index in [2.05, 4.69) is 22.9 Å². The lowest BCUT2D eigenvalue weighted by molar-refractivity contribution is -0.132. The van der Waals surface area contributed by atoms with Gasteiger partial charge in [-0.05, 0) is 32.3 Å². The van der Waals surface area contributed by atoms with Crippen LogP contribution in [0.4, 0.5) is 5.82 Å². The van der Waals surface area contributed by atoms with Crippen LogP contribution < -0.4 is 4.90 Å². The summed E-state index contributed by atoms with van der Waals surface area (Å²) in [4.78, 5) is 20.5. The van der Waals surface area contributed by atoms with Crippen molar-refractivity contribution in [2.75, 3.05) is 25.0 Å². The fourth-order valence-electron chi connectivity index (χ4n) is 2.77. The van der Waals surface area contributed by atoms with Gasteiger partial charge in [0.1, 0.15) is 5.82 Å². The number of carbonyl (C=O) groups is 1. The van der Waals surface area contributed by atoms with Crippen molar-refractivity contribution in [3.63, 3.8) is 0 Å². The van der Waals surface area contributed by atoms with Gasteiger partial charge in [0.15, 0.2) is 0 Å². The molecule has 1 aromatic rings. The molecule has 19 heavy (non-hydrogen) atoms. The summed E-state index contributed by atoms with van der Waals surface area (Å²) in [5, 5.41) is 0. The van der Waals surface area contributed by atoms with Crippen molar-refractivity contribution in [3.05, 3.63) is 23.9 Å². The highest BCUT2D eigenvalue weighted by Crippen LogP contribution is 2.35. The molecule has 4 heteroatoms. The van der Waals surface area contributed by atoms with Crippen LogP contribution in [0.1, 0.15) is 44.7 Å². The molecule has 4 nitrogen and oxygen atoms in total. The van der Waals surface area contributed by atoms with Gasteiger partial charge in [0.25, 0.3) is 0 Å². The van der Waals surface area contributed by atoms with Gasteiger partial charge in [-0.1, -0.05) is 6.07 Å². The first-order valence-electron chi connectivity index (χ1n) is 7.08. The number of hydrogen-bond acceptors (Lipinski definition) is 3. The van der Waals surface area contributed by atoms with Crippen molar-refractivity contribution in [3.8, 4) is 0 Å². The Bertz CT molecular complexity index is 447. The van der Waals surface area contributed by atoms with Gasteiger partial charge in [0, 0.05) is 38.8 Å². The van der Waals surface area contributed by atoms with E-state index < -0.39 is 0 Å². The van der Waals surface area contributed by atoms with Gasteiger partial charge in [0.05, 0.1) is 6.04 Å². The molecule has 0 aromatic carbocycles. The Balaban J connectivity index is 2.36. The molecule has 1 aliphatic rings. The molecule has 2 heterocycles. The Labute approximate surface area is 115 Å². The molecule has 1 fully saturated rings. The van der Waals surface area contributed by atoms with Crippen LogP contribution in [-0.2, 0) is 4.79 Å². The summed E-state index contributed by atoms with van der Waals surface area (Å²) in [5.74, 6) is 1.17. The van der Waals surface area contributed by atoms with Gasteiger partial charge < -0.3 is 9.80 Å². The lowest BCUT2D eigenvalue weighted by Gasteiger charge is -2.37. The molecular formula is C15H23N3O. The van der Waals surface area contributed by atoms with Crippen LogP contribution in [0.3, 0.4) is 0 Å². The number of piperidine rings is 1. The summed E-state index contributed by atoms with van der Waals surface area (Å²) < 4.78 is 0. The molecule has 2 rings (SSSR count). The quantitative estimate of drug-likeness (QED) is 0.839. The Kier molecular flexibility index (Phi) is 4.40. The number of anilines is 1. The number of likely N-dealkylation sites (tertiary alicyclic amines) is 1. The van der Waals surface area contributed by atoms with E-state index in [4.69, 9.17) is 0 Å². The SMILES string of the molecule is CCN(C)c1ncccc1[C@@H]1CCCCN1C(C)=O. The standard InChI is InChI=1S/C15H23N3O/c1-4-17(3)15-13(8-7-10-16-15)14-9-5-6-11-18(14)12(2)19/h7-8,10,14H,4-6,9,11H2,1-3H3/t14-/m0/s1. The third kappa shape index (κ3) is 2.88. The highest BCUT2D eigenvalue weighted by atomic mass is 16.2. The monoisotopic (exact) mass is 261 g/mol. The molecular weight excluding hydrogens is 238 g/mol. The van der Waals surface area contributed by atoms with Crippen LogP contribution in [0, 0.1) is 0 Å². The molecule has 1 amide bonds. The minimum atomic E-state index is 0.165. The van der Waals surface area contributed by atoms with Crippen molar-refractivity contribution in [1.29, 1.82) is 0 Å². The van der Waals surface area contributed by atoms with Crippen LogP contribution in [0.15, 0.2) is 18.3 Å². The van der Waals surface area contributed by atoms with E-state index in [1.165, 1.54) is 12.0 Å². The average Bonchev–Trinajstić information content (AvgIpc) is 2.46. The molecule has 0 unspecified atom stereocenters.